The van der Waals surface area contributed by atoms with Crippen LogP contribution in [0.25, 0.3) is 0 Å². The topological polar surface area (TPSA) is 40.5 Å². The molecule has 0 bridgehead atoms. The fourth-order valence-corrected chi connectivity index (χ4v) is 2.90. The lowest BCUT2D eigenvalue weighted by Gasteiger charge is -2.25. The molecule has 1 heterocycles. The Morgan fingerprint density at radius 1 is 1.53 bits per heavy atom. The molecular weight excluding hydrogens is 238 g/mol. The second-order valence-corrected chi connectivity index (χ2v) is 5.63. The summed E-state index contributed by atoms with van der Waals surface area (Å²) in [6.45, 7) is 4.67. The van der Waals surface area contributed by atoms with Crippen LogP contribution in [0.2, 0.25) is 0 Å². The van der Waals surface area contributed by atoms with Crippen LogP contribution >= 0.6 is 0 Å². The highest BCUT2D eigenvalue weighted by Gasteiger charge is 2.29. The largest absolute Gasteiger partial charge is 0.393 e. The van der Waals surface area contributed by atoms with Gasteiger partial charge < -0.3 is 10.0 Å². The second kappa shape index (κ2) is 6.20. The van der Waals surface area contributed by atoms with Gasteiger partial charge in [0.05, 0.1) is 12.5 Å². The molecule has 104 valence electrons. The third kappa shape index (κ3) is 3.80. The van der Waals surface area contributed by atoms with Gasteiger partial charge in [-0.25, -0.2) is 0 Å². The molecule has 2 unspecified atom stereocenters. The Morgan fingerprint density at radius 2 is 2.32 bits per heavy atom. The molecule has 0 radical (unpaired) electrons. The van der Waals surface area contributed by atoms with E-state index in [9.17, 15) is 9.90 Å². The van der Waals surface area contributed by atoms with Crippen LogP contribution in [0, 0.1) is 6.92 Å². The van der Waals surface area contributed by atoms with E-state index >= 15 is 0 Å². The molecule has 1 aromatic rings. The number of aliphatic hydroxyl groups is 1. The van der Waals surface area contributed by atoms with E-state index in [4.69, 9.17) is 0 Å². The van der Waals surface area contributed by atoms with Crippen molar-refractivity contribution in [3.63, 3.8) is 0 Å². The number of likely N-dealkylation sites (tertiary alicyclic amines) is 1. The van der Waals surface area contributed by atoms with E-state index in [2.05, 4.69) is 6.07 Å². The number of amides is 1. The first-order valence-electron chi connectivity index (χ1n) is 7.09. The lowest BCUT2D eigenvalue weighted by Crippen LogP contribution is -2.38. The Labute approximate surface area is 115 Å². The summed E-state index contributed by atoms with van der Waals surface area (Å²) in [5, 5.41) is 9.50. The molecule has 3 heteroatoms. The molecule has 1 aliphatic rings. The van der Waals surface area contributed by atoms with Crippen molar-refractivity contribution in [3.05, 3.63) is 35.4 Å². The number of hydrogen-bond acceptors (Lipinski definition) is 2. The fraction of sp³-hybridized carbons (Fsp3) is 0.562. The van der Waals surface area contributed by atoms with E-state index < -0.39 is 0 Å². The van der Waals surface area contributed by atoms with Gasteiger partial charge in [0.1, 0.15) is 0 Å². The second-order valence-electron chi connectivity index (χ2n) is 5.63. The summed E-state index contributed by atoms with van der Waals surface area (Å²) in [5.41, 5.74) is 2.26. The van der Waals surface area contributed by atoms with Crippen molar-refractivity contribution in [1.82, 2.24) is 4.90 Å². The van der Waals surface area contributed by atoms with Gasteiger partial charge in [0, 0.05) is 12.6 Å². The molecular formula is C16H23NO2. The molecule has 0 saturated carbocycles. The molecule has 1 N–H and O–H groups in total. The lowest BCUT2D eigenvalue weighted by atomic mass is 10.1. The van der Waals surface area contributed by atoms with Crippen LogP contribution in [0.5, 0.6) is 0 Å². The van der Waals surface area contributed by atoms with Crippen LogP contribution in [-0.4, -0.2) is 34.6 Å². The zero-order valence-electron chi connectivity index (χ0n) is 11.8. The molecule has 1 aromatic carbocycles. The van der Waals surface area contributed by atoms with E-state index in [1.807, 2.05) is 30.0 Å². The van der Waals surface area contributed by atoms with Crippen molar-refractivity contribution in [2.45, 2.75) is 51.7 Å². The van der Waals surface area contributed by atoms with E-state index in [-0.39, 0.29) is 18.1 Å². The number of aryl methyl sites for hydroxylation is 1. The Balaban J connectivity index is 1.99. The zero-order valence-corrected chi connectivity index (χ0v) is 11.8. The number of benzene rings is 1. The number of rotatable bonds is 4. The van der Waals surface area contributed by atoms with E-state index in [1.54, 1.807) is 6.92 Å². The van der Waals surface area contributed by atoms with Gasteiger partial charge in [-0.2, -0.15) is 0 Å². The number of carbonyl (C=O) groups is 1. The first-order chi connectivity index (χ1) is 9.06. The highest BCUT2D eigenvalue weighted by Crippen LogP contribution is 2.22. The quantitative estimate of drug-likeness (QED) is 0.903. The average Bonchev–Trinajstić information content (AvgIpc) is 2.76. The summed E-state index contributed by atoms with van der Waals surface area (Å²) >= 11 is 0. The van der Waals surface area contributed by atoms with Crippen molar-refractivity contribution < 1.29 is 9.90 Å². The molecule has 3 nitrogen and oxygen atoms in total. The van der Waals surface area contributed by atoms with E-state index in [0.29, 0.717) is 12.8 Å². The predicted octanol–water partition coefficient (Wildman–Crippen LogP) is 2.30. The number of carbonyl (C=O) groups excluding carboxylic acids is 1. The summed E-state index contributed by atoms with van der Waals surface area (Å²) in [4.78, 5) is 14.3. The lowest BCUT2D eigenvalue weighted by molar-refractivity contribution is -0.131. The van der Waals surface area contributed by atoms with Gasteiger partial charge in [-0.15, -0.1) is 0 Å². The summed E-state index contributed by atoms with van der Waals surface area (Å²) in [6.07, 6.45) is 2.90. The highest BCUT2D eigenvalue weighted by molar-refractivity contribution is 5.79. The molecule has 1 fully saturated rings. The monoisotopic (exact) mass is 261 g/mol. The predicted molar refractivity (Wildman–Crippen MR) is 75.9 cm³/mol. The van der Waals surface area contributed by atoms with Gasteiger partial charge in [-0.3, -0.25) is 4.79 Å². The van der Waals surface area contributed by atoms with Gasteiger partial charge in [0.15, 0.2) is 0 Å². The van der Waals surface area contributed by atoms with E-state index in [1.165, 1.54) is 5.56 Å². The zero-order chi connectivity index (χ0) is 13.8. The third-order valence-corrected chi connectivity index (χ3v) is 3.75. The van der Waals surface area contributed by atoms with Crippen LogP contribution in [0.15, 0.2) is 24.3 Å². The van der Waals surface area contributed by atoms with Crippen LogP contribution in [-0.2, 0) is 11.2 Å². The normalized spacial score (nSPS) is 20.6. The standard InChI is InChI=1S/C16H23NO2/c1-12-5-3-6-14(9-12)11-16(19)17-8-4-7-15(17)10-13(2)18/h3,5-6,9,13,15,18H,4,7-8,10-11H2,1-2H3. The molecule has 2 atom stereocenters. The van der Waals surface area contributed by atoms with Crippen LogP contribution in [0.4, 0.5) is 0 Å². The Morgan fingerprint density at radius 3 is 3.00 bits per heavy atom. The summed E-state index contributed by atoms with van der Waals surface area (Å²) in [7, 11) is 0. The van der Waals surface area contributed by atoms with Gasteiger partial charge in [0.25, 0.3) is 0 Å². The minimum absolute atomic E-state index is 0.189. The molecule has 0 aliphatic carbocycles. The number of nitrogens with zero attached hydrogens (tertiary/aromatic N) is 1. The number of hydrogen-bond donors (Lipinski definition) is 1. The van der Waals surface area contributed by atoms with Gasteiger partial charge >= 0.3 is 0 Å². The van der Waals surface area contributed by atoms with Crippen LogP contribution in [0.3, 0.4) is 0 Å². The maximum Gasteiger partial charge on any atom is 0.227 e. The molecule has 0 aromatic heterocycles. The average molecular weight is 261 g/mol. The first kappa shape index (κ1) is 14.1. The summed E-state index contributed by atoms with van der Waals surface area (Å²) in [5.74, 6) is 0.189. The minimum atomic E-state index is -0.336. The Kier molecular flexibility index (Phi) is 4.59. The maximum atomic E-state index is 12.4. The third-order valence-electron chi connectivity index (χ3n) is 3.75. The maximum absolute atomic E-state index is 12.4. The molecule has 1 amide bonds. The van der Waals surface area contributed by atoms with Crippen LogP contribution in [0.1, 0.15) is 37.3 Å². The molecule has 19 heavy (non-hydrogen) atoms. The van der Waals surface area contributed by atoms with Crippen molar-refractivity contribution >= 4 is 5.91 Å². The molecule has 1 aliphatic heterocycles. The number of aliphatic hydroxyl groups excluding tert-OH is 1. The van der Waals surface area contributed by atoms with Gasteiger partial charge in [-0.1, -0.05) is 29.8 Å². The van der Waals surface area contributed by atoms with E-state index in [0.717, 1.165) is 24.9 Å². The fourth-order valence-electron chi connectivity index (χ4n) is 2.90. The van der Waals surface area contributed by atoms with Crippen molar-refractivity contribution in [3.8, 4) is 0 Å². The van der Waals surface area contributed by atoms with Crippen molar-refractivity contribution in [2.24, 2.45) is 0 Å². The van der Waals surface area contributed by atoms with Crippen molar-refractivity contribution in [2.75, 3.05) is 6.54 Å². The molecule has 2 rings (SSSR count). The van der Waals surface area contributed by atoms with Crippen LogP contribution < -0.4 is 0 Å². The highest BCUT2D eigenvalue weighted by atomic mass is 16.3. The van der Waals surface area contributed by atoms with Gasteiger partial charge in [0.2, 0.25) is 5.91 Å². The van der Waals surface area contributed by atoms with Crippen molar-refractivity contribution in [1.29, 1.82) is 0 Å². The summed E-state index contributed by atoms with van der Waals surface area (Å²) < 4.78 is 0. The minimum Gasteiger partial charge on any atom is -0.393 e. The summed E-state index contributed by atoms with van der Waals surface area (Å²) in [6, 6.07) is 8.33. The Bertz CT molecular complexity index is 442. The smallest absolute Gasteiger partial charge is 0.227 e. The molecule has 1 saturated heterocycles. The van der Waals surface area contributed by atoms with Gasteiger partial charge in [-0.05, 0) is 38.7 Å². The SMILES string of the molecule is Cc1cccc(CC(=O)N2CCCC2CC(C)O)c1. The Hall–Kier alpha value is -1.35. The molecule has 0 spiro atoms. The first-order valence-corrected chi connectivity index (χ1v) is 7.09.